The van der Waals surface area contributed by atoms with E-state index in [-0.39, 0.29) is 5.91 Å². The van der Waals surface area contributed by atoms with Crippen LogP contribution in [0.25, 0.3) is 0 Å². The molecule has 1 aromatic rings. The summed E-state index contributed by atoms with van der Waals surface area (Å²) in [6.45, 7) is 0. The van der Waals surface area contributed by atoms with E-state index in [0.29, 0.717) is 22.8 Å². The zero-order valence-corrected chi connectivity index (χ0v) is 11.9. The van der Waals surface area contributed by atoms with Gasteiger partial charge in [-0.1, -0.05) is 43.7 Å². The Morgan fingerprint density at radius 3 is 2.74 bits per heavy atom. The Labute approximate surface area is 119 Å². The quantitative estimate of drug-likeness (QED) is 0.811. The van der Waals surface area contributed by atoms with Crippen LogP contribution >= 0.6 is 11.6 Å². The summed E-state index contributed by atoms with van der Waals surface area (Å²) in [5.74, 6) is 0.763. The maximum absolute atomic E-state index is 11.9. The van der Waals surface area contributed by atoms with Gasteiger partial charge < -0.3 is 11.1 Å². The number of hydrogen-bond acceptors (Lipinski definition) is 2. The third-order valence-corrected chi connectivity index (χ3v) is 4.08. The van der Waals surface area contributed by atoms with Crippen LogP contribution in [0.4, 0.5) is 11.4 Å². The molecule has 1 aromatic carbocycles. The predicted molar refractivity (Wildman–Crippen MR) is 80.3 cm³/mol. The fourth-order valence-electron chi connectivity index (χ4n) is 2.66. The molecule has 1 aliphatic carbocycles. The largest absolute Gasteiger partial charge is 0.399 e. The highest BCUT2D eigenvalue weighted by molar-refractivity contribution is 6.34. The van der Waals surface area contributed by atoms with Crippen LogP contribution in [0.1, 0.15) is 44.9 Å². The standard InChI is InChI=1S/C15H21ClN2O/c16-13-10-12(17)7-8-14(13)18-15(19)9-6-11-4-2-1-3-5-11/h7-8,10-11H,1-6,9,17H2,(H,18,19). The van der Waals surface area contributed by atoms with Crippen molar-refractivity contribution in [3.8, 4) is 0 Å². The van der Waals surface area contributed by atoms with Crippen molar-refractivity contribution in [3.63, 3.8) is 0 Å². The number of amides is 1. The fraction of sp³-hybridized carbons (Fsp3) is 0.533. The van der Waals surface area contributed by atoms with Crippen molar-refractivity contribution in [2.45, 2.75) is 44.9 Å². The first-order valence-corrected chi connectivity index (χ1v) is 7.38. The van der Waals surface area contributed by atoms with Crippen molar-refractivity contribution in [2.75, 3.05) is 11.1 Å². The van der Waals surface area contributed by atoms with Crippen LogP contribution in [0, 0.1) is 5.92 Å². The molecule has 0 bridgehead atoms. The second-order valence-corrected chi connectivity index (χ2v) is 5.74. The average molecular weight is 281 g/mol. The van der Waals surface area contributed by atoms with Crippen molar-refractivity contribution < 1.29 is 4.79 Å². The van der Waals surface area contributed by atoms with Crippen LogP contribution < -0.4 is 11.1 Å². The Kier molecular flexibility index (Phi) is 5.08. The van der Waals surface area contributed by atoms with Crippen LogP contribution in [-0.2, 0) is 4.79 Å². The van der Waals surface area contributed by atoms with E-state index in [0.717, 1.165) is 12.3 Å². The van der Waals surface area contributed by atoms with E-state index < -0.39 is 0 Å². The number of benzene rings is 1. The summed E-state index contributed by atoms with van der Waals surface area (Å²) in [7, 11) is 0. The highest BCUT2D eigenvalue weighted by Gasteiger charge is 2.15. The number of rotatable bonds is 4. The number of carbonyl (C=O) groups excluding carboxylic acids is 1. The molecule has 1 fully saturated rings. The van der Waals surface area contributed by atoms with Gasteiger partial charge in [-0.3, -0.25) is 4.79 Å². The number of anilines is 2. The summed E-state index contributed by atoms with van der Waals surface area (Å²) >= 11 is 6.03. The molecule has 3 nitrogen and oxygen atoms in total. The molecule has 2 rings (SSSR count). The highest BCUT2D eigenvalue weighted by Crippen LogP contribution is 2.28. The first kappa shape index (κ1) is 14.2. The summed E-state index contributed by atoms with van der Waals surface area (Å²) < 4.78 is 0. The van der Waals surface area contributed by atoms with Crippen molar-refractivity contribution in [1.82, 2.24) is 0 Å². The van der Waals surface area contributed by atoms with Gasteiger partial charge in [-0.2, -0.15) is 0 Å². The van der Waals surface area contributed by atoms with Crippen LogP contribution in [-0.4, -0.2) is 5.91 Å². The topological polar surface area (TPSA) is 55.1 Å². The maximum atomic E-state index is 11.9. The molecule has 0 aromatic heterocycles. The smallest absolute Gasteiger partial charge is 0.224 e. The third kappa shape index (κ3) is 4.43. The Hall–Kier alpha value is -1.22. The molecular weight excluding hydrogens is 260 g/mol. The predicted octanol–water partition coefficient (Wildman–Crippen LogP) is 4.22. The van der Waals surface area contributed by atoms with E-state index in [1.165, 1.54) is 32.1 Å². The number of halogens is 1. The van der Waals surface area contributed by atoms with Gasteiger partial charge in [-0.05, 0) is 30.5 Å². The lowest BCUT2D eigenvalue weighted by molar-refractivity contribution is -0.116. The lowest BCUT2D eigenvalue weighted by Gasteiger charge is -2.21. The van der Waals surface area contributed by atoms with Gasteiger partial charge in [-0.15, -0.1) is 0 Å². The highest BCUT2D eigenvalue weighted by atomic mass is 35.5. The Morgan fingerprint density at radius 2 is 2.05 bits per heavy atom. The molecule has 0 heterocycles. The molecule has 4 heteroatoms. The minimum absolute atomic E-state index is 0.0391. The number of hydrogen-bond donors (Lipinski definition) is 2. The van der Waals surface area contributed by atoms with Crippen molar-refractivity contribution in [2.24, 2.45) is 5.92 Å². The normalized spacial score (nSPS) is 16.3. The second-order valence-electron chi connectivity index (χ2n) is 5.33. The van der Waals surface area contributed by atoms with Gasteiger partial charge in [0.25, 0.3) is 0 Å². The molecular formula is C15H21ClN2O. The molecule has 0 aliphatic heterocycles. The van der Waals surface area contributed by atoms with E-state index in [2.05, 4.69) is 5.32 Å². The van der Waals surface area contributed by atoms with Crippen molar-refractivity contribution in [1.29, 1.82) is 0 Å². The monoisotopic (exact) mass is 280 g/mol. The van der Waals surface area contributed by atoms with Gasteiger partial charge in [0.15, 0.2) is 0 Å². The maximum Gasteiger partial charge on any atom is 0.224 e. The van der Waals surface area contributed by atoms with Gasteiger partial charge in [0.2, 0.25) is 5.91 Å². The van der Waals surface area contributed by atoms with E-state index in [1.54, 1.807) is 18.2 Å². The zero-order chi connectivity index (χ0) is 13.7. The number of nitrogen functional groups attached to an aromatic ring is 1. The lowest BCUT2D eigenvalue weighted by atomic mass is 9.86. The fourth-order valence-corrected chi connectivity index (χ4v) is 2.89. The molecule has 1 saturated carbocycles. The van der Waals surface area contributed by atoms with Crippen LogP contribution in [0.5, 0.6) is 0 Å². The average Bonchev–Trinajstić information content (AvgIpc) is 2.41. The molecule has 1 aliphatic rings. The zero-order valence-electron chi connectivity index (χ0n) is 11.1. The molecule has 19 heavy (non-hydrogen) atoms. The number of nitrogens with two attached hydrogens (primary N) is 1. The lowest BCUT2D eigenvalue weighted by Crippen LogP contribution is -2.15. The second kappa shape index (κ2) is 6.80. The van der Waals surface area contributed by atoms with Crippen LogP contribution in [0.3, 0.4) is 0 Å². The van der Waals surface area contributed by atoms with Gasteiger partial charge >= 0.3 is 0 Å². The number of carbonyl (C=O) groups is 1. The minimum Gasteiger partial charge on any atom is -0.399 e. The van der Waals surface area contributed by atoms with E-state index in [9.17, 15) is 4.79 Å². The molecule has 0 atom stereocenters. The summed E-state index contributed by atoms with van der Waals surface area (Å²) in [5, 5.41) is 3.34. The van der Waals surface area contributed by atoms with Gasteiger partial charge in [0.05, 0.1) is 10.7 Å². The summed E-state index contributed by atoms with van der Waals surface area (Å²) in [6, 6.07) is 5.14. The Bertz CT molecular complexity index is 442. The van der Waals surface area contributed by atoms with E-state index >= 15 is 0 Å². The van der Waals surface area contributed by atoms with Gasteiger partial charge in [-0.25, -0.2) is 0 Å². The molecule has 104 valence electrons. The molecule has 0 radical (unpaired) electrons. The van der Waals surface area contributed by atoms with Crippen LogP contribution in [0.15, 0.2) is 18.2 Å². The van der Waals surface area contributed by atoms with Gasteiger partial charge in [0.1, 0.15) is 0 Å². The Balaban J connectivity index is 1.80. The first-order chi connectivity index (χ1) is 9.15. The van der Waals surface area contributed by atoms with Gasteiger partial charge in [0, 0.05) is 12.1 Å². The molecule has 0 unspecified atom stereocenters. The summed E-state index contributed by atoms with van der Waals surface area (Å²) in [4.78, 5) is 11.9. The van der Waals surface area contributed by atoms with Crippen molar-refractivity contribution in [3.05, 3.63) is 23.2 Å². The van der Waals surface area contributed by atoms with E-state index in [1.807, 2.05) is 0 Å². The Morgan fingerprint density at radius 1 is 1.32 bits per heavy atom. The SMILES string of the molecule is Nc1ccc(NC(=O)CCC2CCCCC2)c(Cl)c1. The molecule has 0 spiro atoms. The third-order valence-electron chi connectivity index (χ3n) is 3.77. The summed E-state index contributed by atoms with van der Waals surface area (Å²) in [6.07, 6.45) is 8.09. The minimum atomic E-state index is 0.0391. The van der Waals surface area contributed by atoms with Crippen molar-refractivity contribution >= 4 is 28.9 Å². The summed E-state index contributed by atoms with van der Waals surface area (Å²) in [5.41, 5.74) is 6.86. The molecule has 1 amide bonds. The number of nitrogens with one attached hydrogen (secondary N) is 1. The first-order valence-electron chi connectivity index (χ1n) is 7.00. The molecule has 0 saturated heterocycles. The van der Waals surface area contributed by atoms with Crippen LogP contribution in [0.2, 0.25) is 5.02 Å². The molecule has 3 N–H and O–H groups in total. The van der Waals surface area contributed by atoms with E-state index in [4.69, 9.17) is 17.3 Å².